The molecule has 16 heavy (non-hydrogen) atoms. The Balaban J connectivity index is 2.19. The van der Waals surface area contributed by atoms with E-state index >= 15 is 0 Å². The topological polar surface area (TPSA) is 69.1 Å². The van der Waals surface area contributed by atoms with Crippen molar-refractivity contribution in [3.63, 3.8) is 0 Å². The van der Waals surface area contributed by atoms with Crippen LogP contribution in [0.1, 0.15) is 0 Å². The van der Waals surface area contributed by atoms with Gasteiger partial charge in [-0.3, -0.25) is 0 Å². The molecule has 0 aliphatic heterocycles. The van der Waals surface area contributed by atoms with Crippen molar-refractivity contribution < 1.29 is 0 Å². The summed E-state index contributed by atoms with van der Waals surface area (Å²) in [7, 11) is 0. The lowest BCUT2D eigenvalue weighted by Crippen LogP contribution is -1.94. The molecule has 5 heteroatoms. The number of hydrogen-bond acceptors (Lipinski definition) is 4. The average molecular weight is 211 g/mol. The summed E-state index contributed by atoms with van der Waals surface area (Å²) in [6, 6.07) is 7.46. The molecule has 5 nitrogen and oxygen atoms in total. The first-order valence-corrected chi connectivity index (χ1v) is 4.85. The van der Waals surface area contributed by atoms with Gasteiger partial charge in [0.1, 0.15) is 17.2 Å². The number of fused-ring (bicyclic) bond motifs is 1. The van der Waals surface area contributed by atoms with Crippen molar-refractivity contribution in [1.29, 1.82) is 0 Å². The number of nitrogens with zero attached hydrogens (tertiary/aromatic N) is 4. The van der Waals surface area contributed by atoms with E-state index in [1.807, 2.05) is 35.0 Å². The van der Waals surface area contributed by atoms with Gasteiger partial charge in [-0.2, -0.15) is 0 Å². The first-order chi connectivity index (χ1) is 7.83. The van der Waals surface area contributed by atoms with E-state index in [0.717, 1.165) is 11.3 Å². The number of aromatic nitrogens is 4. The number of imidazole rings is 1. The highest BCUT2D eigenvalue weighted by atomic mass is 15.0. The first-order valence-electron chi connectivity index (χ1n) is 4.85. The maximum atomic E-state index is 5.60. The van der Waals surface area contributed by atoms with Crippen molar-refractivity contribution in [2.24, 2.45) is 0 Å². The normalized spacial score (nSPS) is 10.8. The number of nitrogen functional groups attached to an aromatic ring is 1. The quantitative estimate of drug-likeness (QED) is 0.660. The summed E-state index contributed by atoms with van der Waals surface area (Å²) >= 11 is 0. The molecule has 0 spiro atoms. The zero-order valence-corrected chi connectivity index (χ0v) is 8.41. The van der Waals surface area contributed by atoms with E-state index in [2.05, 4.69) is 15.0 Å². The van der Waals surface area contributed by atoms with Crippen LogP contribution in [0.3, 0.4) is 0 Å². The molecule has 0 saturated heterocycles. The fourth-order valence-corrected chi connectivity index (χ4v) is 1.54. The minimum Gasteiger partial charge on any atom is -0.384 e. The maximum Gasteiger partial charge on any atom is 0.181 e. The van der Waals surface area contributed by atoms with Crippen LogP contribution in [0.15, 0.2) is 42.9 Å². The number of anilines is 1. The molecular weight excluding hydrogens is 202 g/mol. The third-order valence-electron chi connectivity index (χ3n) is 2.27. The summed E-state index contributed by atoms with van der Waals surface area (Å²) in [6.07, 6.45) is 5.43. The van der Waals surface area contributed by atoms with Crippen LogP contribution >= 0.6 is 0 Å². The van der Waals surface area contributed by atoms with Gasteiger partial charge in [-0.1, -0.05) is 6.07 Å². The second-order valence-electron chi connectivity index (χ2n) is 3.40. The van der Waals surface area contributed by atoms with Crippen LogP contribution in [-0.2, 0) is 0 Å². The molecule has 3 aromatic rings. The van der Waals surface area contributed by atoms with Gasteiger partial charge in [0, 0.05) is 18.6 Å². The van der Waals surface area contributed by atoms with Crippen LogP contribution in [0.25, 0.3) is 17.2 Å². The summed E-state index contributed by atoms with van der Waals surface area (Å²) in [5.74, 6) is 0.991. The Morgan fingerprint density at radius 3 is 2.88 bits per heavy atom. The molecule has 2 N–H and O–H groups in total. The maximum absolute atomic E-state index is 5.60. The van der Waals surface area contributed by atoms with Crippen molar-refractivity contribution in [3.05, 3.63) is 42.9 Å². The van der Waals surface area contributed by atoms with E-state index in [-0.39, 0.29) is 0 Å². The van der Waals surface area contributed by atoms with Crippen LogP contribution in [0.4, 0.5) is 5.82 Å². The van der Waals surface area contributed by atoms with Crippen LogP contribution in [0.5, 0.6) is 0 Å². The highest BCUT2D eigenvalue weighted by molar-refractivity contribution is 5.56. The van der Waals surface area contributed by atoms with E-state index in [0.29, 0.717) is 11.6 Å². The smallest absolute Gasteiger partial charge is 0.181 e. The summed E-state index contributed by atoms with van der Waals surface area (Å²) in [5.41, 5.74) is 7.19. The molecule has 0 saturated carbocycles. The molecule has 0 bridgehead atoms. The lowest BCUT2D eigenvalue weighted by Gasteiger charge is -1.94. The van der Waals surface area contributed by atoms with Crippen LogP contribution < -0.4 is 5.73 Å². The molecule has 0 aliphatic rings. The molecule has 0 atom stereocenters. The molecule has 0 amide bonds. The third kappa shape index (κ3) is 1.38. The fourth-order valence-electron chi connectivity index (χ4n) is 1.54. The van der Waals surface area contributed by atoms with Crippen molar-refractivity contribution >= 4 is 11.5 Å². The largest absolute Gasteiger partial charge is 0.384 e. The summed E-state index contributed by atoms with van der Waals surface area (Å²) in [5, 5.41) is 0. The minimum atomic E-state index is 0.446. The Morgan fingerprint density at radius 2 is 2.06 bits per heavy atom. The fraction of sp³-hybridized carbons (Fsp3) is 0. The molecule has 0 unspecified atom stereocenters. The molecule has 0 aliphatic carbocycles. The Labute approximate surface area is 91.6 Å². The van der Waals surface area contributed by atoms with Crippen LogP contribution in [-0.4, -0.2) is 19.4 Å². The Kier molecular flexibility index (Phi) is 1.83. The van der Waals surface area contributed by atoms with E-state index in [1.54, 1.807) is 12.3 Å². The Morgan fingerprint density at radius 1 is 1.12 bits per heavy atom. The van der Waals surface area contributed by atoms with Gasteiger partial charge in [0.2, 0.25) is 0 Å². The molecule has 0 radical (unpaired) electrons. The van der Waals surface area contributed by atoms with Gasteiger partial charge in [0.25, 0.3) is 0 Å². The number of pyridine rings is 1. The summed E-state index contributed by atoms with van der Waals surface area (Å²) in [6.45, 7) is 0. The molecule has 0 fully saturated rings. The van der Waals surface area contributed by atoms with E-state index < -0.39 is 0 Å². The van der Waals surface area contributed by atoms with Crippen molar-refractivity contribution in [3.8, 4) is 11.5 Å². The number of hydrogen-bond donors (Lipinski definition) is 1. The second-order valence-corrected chi connectivity index (χ2v) is 3.40. The van der Waals surface area contributed by atoms with E-state index in [4.69, 9.17) is 5.73 Å². The molecule has 3 rings (SSSR count). The molecule has 78 valence electrons. The van der Waals surface area contributed by atoms with Crippen molar-refractivity contribution in [1.82, 2.24) is 19.4 Å². The van der Waals surface area contributed by atoms with Crippen molar-refractivity contribution in [2.75, 3.05) is 5.73 Å². The molecule has 3 heterocycles. The van der Waals surface area contributed by atoms with Gasteiger partial charge in [-0.25, -0.2) is 15.0 Å². The van der Waals surface area contributed by atoms with Gasteiger partial charge in [0.05, 0.1) is 0 Å². The third-order valence-corrected chi connectivity index (χ3v) is 2.27. The summed E-state index contributed by atoms with van der Waals surface area (Å²) < 4.78 is 1.92. The minimum absolute atomic E-state index is 0.446. The van der Waals surface area contributed by atoms with Crippen molar-refractivity contribution in [2.45, 2.75) is 0 Å². The first kappa shape index (κ1) is 8.84. The second kappa shape index (κ2) is 3.30. The number of rotatable bonds is 1. The van der Waals surface area contributed by atoms with Gasteiger partial charge in [-0.05, 0) is 18.2 Å². The zero-order chi connectivity index (χ0) is 11.0. The predicted octanol–water partition coefficient (Wildman–Crippen LogP) is 1.37. The Hall–Kier alpha value is -2.43. The Bertz CT molecular complexity index is 610. The predicted molar refractivity (Wildman–Crippen MR) is 60.6 cm³/mol. The van der Waals surface area contributed by atoms with E-state index in [1.165, 1.54) is 0 Å². The standard InChI is InChI=1S/C11H9N5/c12-9-4-5-13-11(15-9)8-7-16-6-2-1-3-10(16)14-8/h1-7H,(H2,12,13,15). The zero-order valence-electron chi connectivity index (χ0n) is 8.41. The van der Waals surface area contributed by atoms with Gasteiger partial charge < -0.3 is 10.1 Å². The lowest BCUT2D eigenvalue weighted by atomic mass is 10.4. The highest BCUT2D eigenvalue weighted by Gasteiger charge is 2.06. The SMILES string of the molecule is Nc1ccnc(-c2cn3ccccc3n2)n1. The molecule has 0 aromatic carbocycles. The van der Waals surface area contributed by atoms with Crippen LogP contribution in [0, 0.1) is 0 Å². The van der Waals surface area contributed by atoms with Crippen LogP contribution in [0.2, 0.25) is 0 Å². The lowest BCUT2D eigenvalue weighted by molar-refractivity contribution is 1.16. The van der Waals surface area contributed by atoms with Gasteiger partial charge in [0.15, 0.2) is 5.82 Å². The van der Waals surface area contributed by atoms with Gasteiger partial charge in [-0.15, -0.1) is 0 Å². The highest BCUT2D eigenvalue weighted by Crippen LogP contribution is 2.15. The monoisotopic (exact) mass is 211 g/mol. The number of nitrogens with two attached hydrogens (primary N) is 1. The molecule has 3 aromatic heterocycles. The van der Waals surface area contributed by atoms with Gasteiger partial charge >= 0.3 is 0 Å². The molecular formula is C11H9N5. The summed E-state index contributed by atoms with van der Waals surface area (Å²) in [4.78, 5) is 12.7. The average Bonchev–Trinajstić information content (AvgIpc) is 2.72. The van der Waals surface area contributed by atoms with E-state index in [9.17, 15) is 0 Å².